The number of rotatable bonds is 3. The number of aliphatic imine (C=N–C) groups is 1. The Morgan fingerprint density at radius 2 is 2.04 bits per heavy atom. The van der Waals surface area contributed by atoms with Gasteiger partial charge in [0.1, 0.15) is 0 Å². The zero-order valence-corrected chi connectivity index (χ0v) is 16.7. The lowest BCUT2D eigenvalue weighted by Gasteiger charge is -2.24. The van der Waals surface area contributed by atoms with E-state index in [0.29, 0.717) is 5.17 Å². The molecule has 24 heavy (non-hydrogen) atoms. The molecule has 2 aliphatic heterocycles. The van der Waals surface area contributed by atoms with Crippen molar-refractivity contribution >= 4 is 54.3 Å². The third-order valence-electron chi connectivity index (χ3n) is 4.41. The van der Waals surface area contributed by atoms with Crippen molar-refractivity contribution in [1.29, 1.82) is 0 Å². The van der Waals surface area contributed by atoms with Gasteiger partial charge in [-0.3, -0.25) is 4.79 Å². The Labute approximate surface area is 155 Å². The van der Waals surface area contributed by atoms with Gasteiger partial charge in [0, 0.05) is 21.3 Å². The third-order valence-corrected chi connectivity index (χ3v) is 8.15. The molecular weight excluding hydrogens is 412 g/mol. The van der Waals surface area contributed by atoms with Crippen molar-refractivity contribution in [2.24, 2.45) is 10.9 Å². The zero-order valence-electron chi connectivity index (χ0n) is 13.5. The molecule has 5 nitrogen and oxygen atoms in total. The summed E-state index contributed by atoms with van der Waals surface area (Å²) in [6, 6.07) is 7.49. The van der Waals surface area contributed by atoms with Crippen LogP contribution in [0.4, 0.5) is 5.69 Å². The number of amides is 1. The summed E-state index contributed by atoms with van der Waals surface area (Å²) in [5.74, 6) is -0.0256. The topological polar surface area (TPSA) is 66.8 Å². The summed E-state index contributed by atoms with van der Waals surface area (Å²) >= 11 is 4.82. The SMILES string of the molecule is CC[C@H](C)C(=O)N=C1S[C@@H]2CS(=O)(=O)C[C@H]2N1c1ccc(Br)cc1. The third kappa shape index (κ3) is 3.55. The first-order valence-corrected chi connectivity index (χ1v) is 11.3. The summed E-state index contributed by atoms with van der Waals surface area (Å²) < 4.78 is 25.0. The Hall–Kier alpha value is -0.860. The van der Waals surface area contributed by atoms with Crippen molar-refractivity contribution in [2.75, 3.05) is 16.4 Å². The molecule has 130 valence electrons. The number of carbonyl (C=O) groups excluding carboxylic acids is 1. The molecule has 1 amide bonds. The maximum atomic E-state index is 12.3. The Balaban J connectivity index is 1.98. The molecule has 2 heterocycles. The van der Waals surface area contributed by atoms with E-state index in [-0.39, 0.29) is 34.6 Å². The molecule has 2 saturated heterocycles. The molecule has 0 spiro atoms. The summed E-state index contributed by atoms with van der Waals surface area (Å²) in [5.41, 5.74) is 0.867. The number of anilines is 1. The van der Waals surface area contributed by atoms with E-state index < -0.39 is 9.84 Å². The second-order valence-corrected chi connectivity index (χ2v) is 10.5. The number of hydrogen-bond donors (Lipinski definition) is 0. The molecule has 8 heteroatoms. The van der Waals surface area contributed by atoms with Crippen molar-refractivity contribution in [3.8, 4) is 0 Å². The Morgan fingerprint density at radius 1 is 1.38 bits per heavy atom. The number of sulfone groups is 1. The average molecular weight is 431 g/mol. The van der Waals surface area contributed by atoms with Crippen molar-refractivity contribution in [3.63, 3.8) is 0 Å². The first kappa shape index (κ1) is 17.9. The van der Waals surface area contributed by atoms with E-state index in [1.165, 1.54) is 11.8 Å². The Kier molecular flexibility index (Phi) is 5.09. The van der Waals surface area contributed by atoms with Crippen LogP contribution >= 0.6 is 27.7 Å². The number of amidine groups is 1. The predicted molar refractivity (Wildman–Crippen MR) is 102 cm³/mol. The fourth-order valence-corrected chi connectivity index (χ4v) is 7.03. The van der Waals surface area contributed by atoms with E-state index in [1.807, 2.05) is 43.0 Å². The molecule has 3 atom stereocenters. The monoisotopic (exact) mass is 430 g/mol. The van der Waals surface area contributed by atoms with Crippen molar-refractivity contribution < 1.29 is 13.2 Å². The highest BCUT2D eigenvalue weighted by Gasteiger charge is 2.49. The van der Waals surface area contributed by atoms with Gasteiger partial charge in [-0.1, -0.05) is 41.5 Å². The fourth-order valence-electron chi connectivity index (χ4n) is 2.85. The lowest BCUT2D eigenvalue weighted by atomic mass is 10.1. The molecule has 2 aliphatic rings. The second-order valence-electron chi connectivity index (χ2n) is 6.19. The predicted octanol–water partition coefficient (Wildman–Crippen LogP) is 3.10. The van der Waals surface area contributed by atoms with Crippen LogP contribution in [0.15, 0.2) is 33.7 Å². The highest BCUT2D eigenvalue weighted by Crippen LogP contribution is 2.41. The lowest BCUT2D eigenvalue weighted by molar-refractivity contribution is -0.121. The molecule has 0 aliphatic carbocycles. The second kappa shape index (κ2) is 6.80. The number of benzene rings is 1. The maximum absolute atomic E-state index is 12.3. The number of thioether (sulfide) groups is 1. The van der Waals surface area contributed by atoms with Crippen LogP contribution in [-0.2, 0) is 14.6 Å². The number of hydrogen-bond acceptors (Lipinski definition) is 4. The van der Waals surface area contributed by atoms with Crippen molar-refractivity contribution in [3.05, 3.63) is 28.7 Å². The Bertz CT molecular complexity index is 777. The minimum Gasteiger partial charge on any atom is -0.316 e. The van der Waals surface area contributed by atoms with E-state index in [0.717, 1.165) is 16.6 Å². The molecule has 0 radical (unpaired) electrons. The van der Waals surface area contributed by atoms with Gasteiger partial charge in [-0.2, -0.15) is 4.99 Å². The summed E-state index contributed by atoms with van der Waals surface area (Å²) in [6.07, 6.45) is 0.736. The van der Waals surface area contributed by atoms with Gasteiger partial charge >= 0.3 is 0 Å². The maximum Gasteiger partial charge on any atom is 0.250 e. The number of carbonyl (C=O) groups is 1. The van der Waals surface area contributed by atoms with Gasteiger partial charge < -0.3 is 4.90 Å². The molecular formula is C16H19BrN2O3S2. The van der Waals surface area contributed by atoms with E-state index >= 15 is 0 Å². The smallest absolute Gasteiger partial charge is 0.250 e. The van der Waals surface area contributed by atoms with E-state index in [9.17, 15) is 13.2 Å². The average Bonchev–Trinajstić information content (AvgIpc) is 2.98. The van der Waals surface area contributed by atoms with Gasteiger partial charge in [-0.25, -0.2) is 8.42 Å². The lowest BCUT2D eigenvalue weighted by Crippen LogP contribution is -2.37. The molecule has 1 aromatic rings. The highest BCUT2D eigenvalue weighted by atomic mass is 79.9. The van der Waals surface area contributed by atoms with Crippen LogP contribution in [0, 0.1) is 5.92 Å². The standard InChI is InChI=1S/C16H19BrN2O3S2/c1-3-10(2)15(20)18-16-19(12-6-4-11(17)5-7-12)13-8-24(21,22)9-14(13)23-16/h4-7,10,13-14H,3,8-9H2,1-2H3/t10-,13+,14+/m0/s1. The first-order valence-electron chi connectivity index (χ1n) is 7.85. The molecule has 0 N–H and O–H groups in total. The van der Waals surface area contributed by atoms with E-state index in [2.05, 4.69) is 20.9 Å². The Morgan fingerprint density at radius 3 is 2.67 bits per heavy atom. The number of halogens is 1. The summed E-state index contributed by atoms with van der Waals surface area (Å²) in [7, 11) is -3.04. The van der Waals surface area contributed by atoms with Crippen LogP contribution in [-0.4, -0.2) is 42.3 Å². The normalized spacial score (nSPS) is 28.1. The largest absolute Gasteiger partial charge is 0.316 e. The van der Waals surface area contributed by atoms with Gasteiger partial charge in [0.15, 0.2) is 15.0 Å². The van der Waals surface area contributed by atoms with Crippen LogP contribution in [0.5, 0.6) is 0 Å². The van der Waals surface area contributed by atoms with Crippen LogP contribution in [0.1, 0.15) is 20.3 Å². The first-order chi connectivity index (χ1) is 11.3. The van der Waals surface area contributed by atoms with Gasteiger partial charge in [-0.05, 0) is 30.7 Å². The van der Waals surface area contributed by atoms with E-state index in [4.69, 9.17) is 0 Å². The summed E-state index contributed by atoms with van der Waals surface area (Å²) in [6.45, 7) is 3.82. The molecule has 0 bridgehead atoms. The fraction of sp³-hybridized carbons (Fsp3) is 0.500. The minimum atomic E-state index is -3.04. The van der Waals surface area contributed by atoms with Crippen LogP contribution in [0.3, 0.4) is 0 Å². The van der Waals surface area contributed by atoms with Crippen molar-refractivity contribution in [2.45, 2.75) is 31.6 Å². The molecule has 2 fully saturated rings. The summed E-state index contributed by atoms with van der Waals surface area (Å²) in [5, 5.41) is 0.551. The number of nitrogens with zero attached hydrogens (tertiary/aromatic N) is 2. The van der Waals surface area contributed by atoms with Crippen LogP contribution < -0.4 is 4.90 Å². The van der Waals surface area contributed by atoms with Crippen molar-refractivity contribution in [1.82, 2.24) is 0 Å². The van der Waals surface area contributed by atoms with Gasteiger partial charge in [-0.15, -0.1) is 0 Å². The molecule has 0 saturated carbocycles. The molecule has 0 unspecified atom stereocenters. The highest BCUT2D eigenvalue weighted by molar-refractivity contribution is 9.10. The zero-order chi connectivity index (χ0) is 17.5. The molecule has 3 rings (SSSR count). The van der Waals surface area contributed by atoms with Crippen LogP contribution in [0.2, 0.25) is 0 Å². The van der Waals surface area contributed by atoms with E-state index in [1.54, 1.807) is 0 Å². The number of fused-ring (bicyclic) bond motifs is 1. The van der Waals surface area contributed by atoms with Crippen LogP contribution in [0.25, 0.3) is 0 Å². The van der Waals surface area contributed by atoms with Gasteiger partial charge in [0.05, 0.1) is 17.5 Å². The van der Waals surface area contributed by atoms with Gasteiger partial charge in [0.2, 0.25) is 0 Å². The quantitative estimate of drug-likeness (QED) is 0.736. The summed E-state index contributed by atoms with van der Waals surface area (Å²) in [4.78, 5) is 18.5. The minimum absolute atomic E-state index is 0.0675. The molecule has 0 aromatic heterocycles. The molecule has 1 aromatic carbocycles. The van der Waals surface area contributed by atoms with Gasteiger partial charge in [0.25, 0.3) is 5.91 Å².